The Morgan fingerprint density at radius 1 is 1.28 bits per heavy atom. The molecule has 1 aromatic carbocycles. The highest BCUT2D eigenvalue weighted by Gasteiger charge is 2.14. The lowest BCUT2D eigenvalue weighted by Crippen LogP contribution is -2.26. The fourth-order valence-electron chi connectivity index (χ4n) is 1.78. The van der Waals surface area contributed by atoms with Gasteiger partial charge < -0.3 is 10.1 Å². The summed E-state index contributed by atoms with van der Waals surface area (Å²) in [6, 6.07) is 11.3. The smallest absolute Gasteiger partial charge is 0.261 e. The number of rotatable bonds is 4. The second-order valence-electron chi connectivity index (χ2n) is 3.91. The van der Waals surface area contributed by atoms with Gasteiger partial charge in [-0.15, -0.1) is 11.3 Å². The Kier molecular flexibility index (Phi) is 3.99. The van der Waals surface area contributed by atoms with E-state index in [2.05, 4.69) is 5.32 Å². The molecule has 0 aliphatic heterocycles. The first-order valence-corrected chi connectivity index (χ1v) is 6.57. The van der Waals surface area contributed by atoms with E-state index in [1.165, 1.54) is 11.3 Å². The number of methoxy groups -OCH3 is 1. The van der Waals surface area contributed by atoms with Crippen LogP contribution in [0.3, 0.4) is 0 Å². The lowest BCUT2D eigenvalue weighted by atomic mass is 10.1. The number of amides is 1. The monoisotopic (exact) mass is 261 g/mol. The third-order valence-electron chi connectivity index (χ3n) is 2.70. The van der Waals surface area contributed by atoms with Gasteiger partial charge in [-0.3, -0.25) is 4.79 Å². The molecule has 18 heavy (non-hydrogen) atoms. The van der Waals surface area contributed by atoms with Crippen molar-refractivity contribution in [2.24, 2.45) is 0 Å². The van der Waals surface area contributed by atoms with Gasteiger partial charge in [0, 0.05) is 5.56 Å². The van der Waals surface area contributed by atoms with Gasteiger partial charge in [0.25, 0.3) is 5.91 Å². The lowest BCUT2D eigenvalue weighted by molar-refractivity contribution is 0.0943. The Balaban J connectivity index is 2.12. The molecule has 4 heteroatoms. The molecule has 1 aromatic heterocycles. The normalized spacial score (nSPS) is 11.9. The molecule has 0 fully saturated rings. The van der Waals surface area contributed by atoms with Crippen LogP contribution >= 0.6 is 11.3 Å². The Morgan fingerprint density at radius 3 is 2.72 bits per heavy atom. The molecule has 3 nitrogen and oxygen atoms in total. The van der Waals surface area contributed by atoms with Crippen molar-refractivity contribution in [3.8, 4) is 5.75 Å². The van der Waals surface area contributed by atoms with E-state index in [4.69, 9.17) is 4.74 Å². The molecule has 0 saturated carbocycles. The van der Waals surface area contributed by atoms with Gasteiger partial charge in [0.2, 0.25) is 0 Å². The van der Waals surface area contributed by atoms with Gasteiger partial charge in [-0.2, -0.15) is 0 Å². The summed E-state index contributed by atoms with van der Waals surface area (Å²) in [6.45, 7) is 1.95. The van der Waals surface area contributed by atoms with Crippen LogP contribution in [0.5, 0.6) is 5.75 Å². The summed E-state index contributed by atoms with van der Waals surface area (Å²) < 4.78 is 5.29. The third kappa shape index (κ3) is 2.71. The van der Waals surface area contributed by atoms with Crippen LogP contribution in [0.2, 0.25) is 0 Å². The zero-order chi connectivity index (χ0) is 13.0. The van der Waals surface area contributed by atoms with E-state index in [1.54, 1.807) is 7.11 Å². The fraction of sp³-hybridized carbons (Fsp3) is 0.214. The predicted octanol–water partition coefficient (Wildman–Crippen LogP) is 3.25. The molecular weight excluding hydrogens is 246 g/mol. The van der Waals surface area contributed by atoms with Crippen LogP contribution < -0.4 is 10.1 Å². The highest BCUT2D eigenvalue weighted by Crippen LogP contribution is 2.24. The summed E-state index contributed by atoms with van der Waals surface area (Å²) in [5.74, 6) is 0.736. The molecule has 1 N–H and O–H groups in total. The first-order valence-electron chi connectivity index (χ1n) is 5.69. The van der Waals surface area contributed by atoms with E-state index >= 15 is 0 Å². The van der Waals surface area contributed by atoms with Crippen LogP contribution in [0.4, 0.5) is 0 Å². The molecule has 0 saturated heterocycles. The quantitative estimate of drug-likeness (QED) is 0.917. The summed E-state index contributed by atoms with van der Waals surface area (Å²) in [7, 11) is 1.63. The van der Waals surface area contributed by atoms with E-state index in [1.807, 2.05) is 48.7 Å². The molecule has 2 aromatic rings. The number of nitrogens with one attached hydrogen (secondary N) is 1. The molecule has 2 rings (SSSR count). The number of hydrogen-bond donors (Lipinski definition) is 1. The first-order chi connectivity index (χ1) is 8.72. The van der Waals surface area contributed by atoms with Crippen LogP contribution in [0.1, 0.15) is 28.2 Å². The maximum atomic E-state index is 11.9. The van der Waals surface area contributed by atoms with E-state index in [-0.39, 0.29) is 11.9 Å². The van der Waals surface area contributed by atoms with Gasteiger partial charge in [0.05, 0.1) is 18.0 Å². The standard InChI is InChI=1S/C14H15NO2S/c1-10(11-6-3-4-7-12(11)17-2)15-14(16)13-8-5-9-18-13/h3-10H,1-2H3,(H,15,16). The van der Waals surface area contributed by atoms with Crippen molar-refractivity contribution in [3.63, 3.8) is 0 Å². The molecule has 94 valence electrons. The Hall–Kier alpha value is -1.81. The van der Waals surface area contributed by atoms with Gasteiger partial charge in [0.1, 0.15) is 5.75 Å². The van der Waals surface area contributed by atoms with Gasteiger partial charge in [-0.25, -0.2) is 0 Å². The van der Waals surface area contributed by atoms with E-state index in [9.17, 15) is 4.79 Å². The highest BCUT2D eigenvalue weighted by atomic mass is 32.1. The second-order valence-corrected chi connectivity index (χ2v) is 4.86. The van der Waals surface area contributed by atoms with Crippen molar-refractivity contribution in [2.75, 3.05) is 7.11 Å². The second kappa shape index (κ2) is 5.69. The van der Waals surface area contributed by atoms with Crippen molar-refractivity contribution in [3.05, 3.63) is 52.2 Å². The molecule has 0 aliphatic rings. The van der Waals surface area contributed by atoms with Gasteiger partial charge in [-0.05, 0) is 24.4 Å². The SMILES string of the molecule is COc1ccccc1C(C)NC(=O)c1cccs1. The summed E-state index contributed by atoms with van der Waals surface area (Å²) >= 11 is 1.43. The molecule has 0 radical (unpaired) electrons. The summed E-state index contributed by atoms with van der Waals surface area (Å²) in [4.78, 5) is 12.7. The minimum Gasteiger partial charge on any atom is -0.496 e. The van der Waals surface area contributed by atoms with Crippen molar-refractivity contribution in [1.82, 2.24) is 5.32 Å². The van der Waals surface area contributed by atoms with Crippen LogP contribution in [0, 0.1) is 0 Å². The summed E-state index contributed by atoms with van der Waals surface area (Å²) in [5, 5.41) is 4.86. The van der Waals surface area contributed by atoms with Crippen LogP contribution in [-0.4, -0.2) is 13.0 Å². The molecule has 1 unspecified atom stereocenters. The average molecular weight is 261 g/mol. The van der Waals surface area contributed by atoms with Crippen molar-refractivity contribution >= 4 is 17.2 Å². The number of para-hydroxylation sites is 1. The number of carbonyl (C=O) groups excluding carboxylic acids is 1. The first kappa shape index (κ1) is 12.6. The minimum atomic E-state index is -0.0873. The van der Waals surface area contributed by atoms with Crippen LogP contribution in [0.15, 0.2) is 41.8 Å². The van der Waals surface area contributed by atoms with Gasteiger partial charge in [-0.1, -0.05) is 24.3 Å². The number of hydrogen-bond acceptors (Lipinski definition) is 3. The Morgan fingerprint density at radius 2 is 2.06 bits per heavy atom. The van der Waals surface area contributed by atoms with E-state index in [0.29, 0.717) is 0 Å². The summed E-state index contributed by atoms with van der Waals surface area (Å²) in [5.41, 5.74) is 0.977. The van der Waals surface area contributed by atoms with Crippen LogP contribution in [-0.2, 0) is 0 Å². The lowest BCUT2D eigenvalue weighted by Gasteiger charge is -2.16. The van der Waals surface area contributed by atoms with E-state index in [0.717, 1.165) is 16.2 Å². The van der Waals surface area contributed by atoms with Crippen molar-refractivity contribution in [2.45, 2.75) is 13.0 Å². The van der Waals surface area contributed by atoms with Gasteiger partial charge >= 0.3 is 0 Å². The predicted molar refractivity (Wildman–Crippen MR) is 73.2 cm³/mol. The maximum absolute atomic E-state index is 11.9. The number of ether oxygens (including phenoxy) is 1. The zero-order valence-corrected chi connectivity index (χ0v) is 11.2. The third-order valence-corrected chi connectivity index (χ3v) is 3.57. The van der Waals surface area contributed by atoms with Crippen LogP contribution in [0.25, 0.3) is 0 Å². The molecular formula is C14H15NO2S. The topological polar surface area (TPSA) is 38.3 Å². The van der Waals surface area contributed by atoms with Crippen molar-refractivity contribution in [1.29, 1.82) is 0 Å². The molecule has 0 aliphatic carbocycles. The molecule has 1 atom stereocenters. The Labute approximate surface area is 110 Å². The molecule has 1 amide bonds. The molecule has 1 heterocycles. The highest BCUT2D eigenvalue weighted by molar-refractivity contribution is 7.12. The average Bonchev–Trinajstić information content (AvgIpc) is 2.92. The van der Waals surface area contributed by atoms with Crippen molar-refractivity contribution < 1.29 is 9.53 Å². The molecule has 0 spiro atoms. The van der Waals surface area contributed by atoms with Gasteiger partial charge in [0.15, 0.2) is 0 Å². The Bertz CT molecular complexity index is 522. The fourth-order valence-corrected chi connectivity index (χ4v) is 2.40. The number of benzene rings is 1. The molecule has 0 bridgehead atoms. The largest absolute Gasteiger partial charge is 0.496 e. The summed E-state index contributed by atoms with van der Waals surface area (Å²) in [6.07, 6.45) is 0. The van der Waals surface area contributed by atoms with E-state index < -0.39 is 0 Å². The maximum Gasteiger partial charge on any atom is 0.261 e. The minimum absolute atomic E-state index is 0.0524. The number of carbonyl (C=O) groups is 1. The number of thiophene rings is 1. The zero-order valence-electron chi connectivity index (χ0n) is 10.3.